The number of hydrogen-bond donors (Lipinski definition) is 1. The molecule has 7 heteroatoms. The first kappa shape index (κ1) is 20.1. The van der Waals surface area contributed by atoms with Crippen molar-refractivity contribution in [2.75, 3.05) is 0 Å². The standard InChI is InChI=1S/C23H24FN3O3/c1-14-11-20(28)27(13-19-25-9-10-30-19)15(2)21(14)23(29)26-22(16-5-3-6-16)17-7-4-8-18(24)12-17/h4,7-12,16,22H,3,5-6,13H2,1-2H3,(H,26,29)/t22-/m0/s1. The fourth-order valence-corrected chi connectivity index (χ4v) is 4.09. The lowest BCUT2D eigenvalue weighted by molar-refractivity contribution is 0.0898. The molecular weight excluding hydrogens is 385 g/mol. The molecule has 0 unspecified atom stereocenters. The monoisotopic (exact) mass is 409 g/mol. The number of amides is 1. The number of halogens is 1. The van der Waals surface area contributed by atoms with Gasteiger partial charge < -0.3 is 14.3 Å². The van der Waals surface area contributed by atoms with Crippen molar-refractivity contribution < 1.29 is 13.6 Å². The summed E-state index contributed by atoms with van der Waals surface area (Å²) in [5.41, 5.74) is 2.13. The number of hydrogen-bond acceptors (Lipinski definition) is 4. The van der Waals surface area contributed by atoms with Gasteiger partial charge in [-0.25, -0.2) is 9.37 Å². The van der Waals surface area contributed by atoms with Crippen LogP contribution in [0.1, 0.15) is 58.4 Å². The van der Waals surface area contributed by atoms with Crippen LogP contribution in [0.4, 0.5) is 4.39 Å². The van der Waals surface area contributed by atoms with Crippen molar-refractivity contribution in [3.8, 4) is 0 Å². The first-order chi connectivity index (χ1) is 14.4. The quantitative estimate of drug-likeness (QED) is 0.670. The van der Waals surface area contributed by atoms with Crippen molar-refractivity contribution in [2.24, 2.45) is 5.92 Å². The highest BCUT2D eigenvalue weighted by atomic mass is 19.1. The van der Waals surface area contributed by atoms with Gasteiger partial charge in [-0.3, -0.25) is 9.59 Å². The number of aromatic nitrogens is 2. The lowest BCUT2D eigenvalue weighted by atomic mass is 9.77. The van der Waals surface area contributed by atoms with Crippen LogP contribution in [0.2, 0.25) is 0 Å². The van der Waals surface area contributed by atoms with Gasteiger partial charge in [-0.1, -0.05) is 18.6 Å². The first-order valence-electron chi connectivity index (χ1n) is 10.1. The maximum atomic E-state index is 13.8. The third-order valence-electron chi connectivity index (χ3n) is 5.89. The van der Waals surface area contributed by atoms with E-state index in [1.807, 2.05) is 6.07 Å². The third-order valence-corrected chi connectivity index (χ3v) is 5.89. The topological polar surface area (TPSA) is 77.1 Å². The lowest BCUT2D eigenvalue weighted by Crippen LogP contribution is -2.38. The summed E-state index contributed by atoms with van der Waals surface area (Å²) < 4.78 is 20.6. The van der Waals surface area contributed by atoms with Gasteiger partial charge in [-0.2, -0.15) is 0 Å². The van der Waals surface area contributed by atoms with Gasteiger partial charge in [0.25, 0.3) is 11.5 Å². The van der Waals surface area contributed by atoms with Crippen molar-refractivity contribution >= 4 is 5.91 Å². The average molecular weight is 409 g/mol. The minimum Gasteiger partial charge on any atom is -0.447 e. The zero-order valence-electron chi connectivity index (χ0n) is 17.0. The van der Waals surface area contributed by atoms with Crippen LogP contribution in [0.25, 0.3) is 0 Å². The Morgan fingerprint density at radius 1 is 1.33 bits per heavy atom. The van der Waals surface area contributed by atoms with Crippen molar-refractivity contribution in [1.82, 2.24) is 14.9 Å². The fourth-order valence-electron chi connectivity index (χ4n) is 4.09. The molecule has 6 nitrogen and oxygen atoms in total. The molecule has 0 radical (unpaired) electrons. The predicted octanol–water partition coefficient (Wildman–Crippen LogP) is 3.91. The molecule has 156 valence electrons. The summed E-state index contributed by atoms with van der Waals surface area (Å²) in [6.07, 6.45) is 6.04. The Morgan fingerprint density at radius 3 is 2.77 bits per heavy atom. The SMILES string of the molecule is Cc1cc(=O)n(Cc2ncco2)c(C)c1C(=O)N[C@H](c1cccc(F)c1)C1CCC1. The number of nitrogens with one attached hydrogen (secondary N) is 1. The van der Waals surface area contributed by atoms with Crippen LogP contribution >= 0.6 is 0 Å². The number of pyridine rings is 1. The Labute approximate surface area is 173 Å². The molecule has 1 atom stereocenters. The summed E-state index contributed by atoms with van der Waals surface area (Å²) in [6.45, 7) is 3.64. The van der Waals surface area contributed by atoms with E-state index in [2.05, 4.69) is 10.3 Å². The molecule has 2 heterocycles. The molecule has 4 rings (SSSR count). The Bertz CT molecular complexity index is 1120. The van der Waals surface area contributed by atoms with E-state index >= 15 is 0 Å². The Balaban J connectivity index is 1.67. The van der Waals surface area contributed by atoms with Crippen LogP contribution in [0.3, 0.4) is 0 Å². The largest absolute Gasteiger partial charge is 0.447 e. The summed E-state index contributed by atoms with van der Waals surface area (Å²) in [4.78, 5) is 29.9. The second-order valence-electron chi connectivity index (χ2n) is 7.84. The van der Waals surface area contributed by atoms with E-state index in [1.165, 1.54) is 35.2 Å². The number of benzene rings is 1. The van der Waals surface area contributed by atoms with Gasteiger partial charge in [0.2, 0.25) is 5.89 Å². The zero-order chi connectivity index (χ0) is 21.3. The average Bonchev–Trinajstić information content (AvgIpc) is 3.16. The highest BCUT2D eigenvalue weighted by Crippen LogP contribution is 2.38. The van der Waals surface area contributed by atoms with E-state index in [-0.39, 0.29) is 35.8 Å². The molecule has 0 aliphatic heterocycles. The molecule has 0 bridgehead atoms. The van der Waals surface area contributed by atoms with E-state index in [0.717, 1.165) is 24.8 Å². The van der Waals surface area contributed by atoms with Gasteiger partial charge in [0, 0.05) is 11.8 Å². The van der Waals surface area contributed by atoms with Crippen LogP contribution in [-0.4, -0.2) is 15.5 Å². The van der Waals surface area contributed by atoms with Gasteiger partial charge in [0.05, 0.1) is 17.8 Å². The number of aryl methyl sites for hydroxylation is 1. The molecule has 1 saturated carbocycles. The third kappa shape index (κ3) is 3.92. The summed E-state index contributed by atoms with van der Waals surface area (Å²) in [5.74, 6) is 0.0716. The number of rotatable bonds is 6. The normalized spacial score (nSPS) is 14.9. The predicted molar refractivity (Wildman–Crippen MR) is 110 cm³/mol. The Kier molecular flexibility index (Phi) is 5.53. The summed E-state index contributed by atoms with van der Waals surface area (Å²) in [6, 6.07) is 7.56. The highest BCUT2D eigenvalue weighted by Gasteiger charge is 2.31. The number of carbonyl (C=O) groups excluding carboxylic acids is 1. The smallest absolute Gasteiger partial charge is 0.253 e. The van der Waals surface area contributed by atoms with Gasteiger partial charge in [0.15, 0.2) is 0 Å². The molecule has 0 spiro atoms. The van der Waals surface area contributed by atoms with E-state index in [0.29, 0.717) is 22.7 Å². The van der Waals surface area contributed by atoms with Gasteiger partial charge in [-0.05, 0) is 55.9 Å². The molecular formula is C23H24FN3O3. The second-order valence-corrected chi connectivity index (χ2v) is 7.84. The van der Waals surface area contributed by atoms with E-state index < -0.39 is 0 Å². The Morgan fingerprint density at radius 2 is 2.13 bits per heavy atom. The minimum atomic E-state index is -0.321. The fraction of sp³-hybridized carbons (Fsp3) is 0.348. The molecule has 1 aromatic carbocycles. The second kappa shape index (κ2) is 8.26. The van der Waals surface area contributed by atoms with E-state index in [4.69, 9.17) is 4.42 Å². The molecule has 1 N–H and O–H groups in total. The number of oxazole rings is 1. The van der Waals surface area contributed by atoms with Crippen LogP contribution in [0.5, 0.6) is 0 Å². The lowest BCUT2D eigenvalue weighted by Gasteiger charge is -2.35. The zero-order valence-corrected chi connectivity index (χ0v) is 17.0. The number of carbonyl (C=O) groups is 1. The van der Waals surface area contributed by atoms with Gasteiger partial charge in [-0.15, -0.1) is 0 Å². The highest BCUT2D eigenvalue weighted by molar-refractivity contribution is 5.97. The summed E-state index contributed by atoms with van der Waals surface area (Å²) in [5, 5.41) is 3.11. The molecule has 1 amide bonds. The first-order valence-corrected chi connectivity index (χ1v) is 10.1. The number of nitrogens with zero attached hydrogens (tertiary/aromatic N) is 2. The van der Waals surface area contributed by atoms with E-state index in [1.54, 1.807) is 19.9 Å². The molecule has 1 aliphatic carbocycles. The maximum Gasteiger partial charge on any atom is 0.253 e. The van der Waals surface area contributed by atoms with Gasteiger partial charge in [0.1, 0.15) is 18.6 Å². The van der Waals surface area contributed by atoms with Crippen molar-refractivity contribution in [2.45, 2.75) is 45.7 Å². The molecule has 30 heavy (non-hydrogen) atoms. The van der Waals surface area contributed by atoms with Crippen molar-refractivity contribution in [1.29, 1.82) is 0 Å². The molecule has 0 saturated heterocycles. The molecule has 3 aromatic rings. The van der Waals surface area contributed by atoms with Crippen LogP contribution in [0, 0.1) is 25.6 Å². The van der Waals surface area contributed by atoms with Crippen LogP contribution in [-0.2, 0) is 6.54 Å². The van der Waals surface area contributed by atoms with Crippen LogP contribution < -0.4 is 10.9 Å². The van der Waals surface area contributed by atoms with Gasteiger partial charge >= 0.3 is 0 Å². The van der Waals surface area contributed by atoms with Crippen molar-refractivity contribution in [3.63, 3.8) is 0 Å². The Hall–Kier alpha value is -3.22. The summed E-state index contributed by atoms with van der Waals surface area (Å²) in [7, 11) is 0. The van der Waals surface area contributed by atoms with Crippen LogP contribution in [0.15, 0.2) is 52.0 Å². The molecule has 1 fully saturated rings. The molecule has 2 aromatic heterocycles. The minimum absolute atomic E-state index is 0.147. The molecule has 1 aliphatic rings. The maximum absolute atomic E-state index is 13.8. The van der Waals surface area contributed by atoms with E-state index in [9.17, 15) is 14.0 Å². The summed E-state index contributed by atoms with van der Waals surface area (Å²) >= 11 is 0. The van der Waals surface area contributed by atoms with Crippen molar-refractivity contribution in [3.05, 3.63) is 87.2 Å².